The number of carbonyl (C=O) groups is 1. The van der Waals surface area contributed by atoms with Crippen LogP contribution in [0.4, 0.5) is 0 Å². The summed E-state index contributed by atoms with van der Waals surface area (Å²) in [4.78, 5) is 13.5. The minimum Gasteiger partial charge on any atom is -0.494 e. The number of methoxy groups -OCH3 is 1. The van der Waals surface area contributed by atoms with Gasteiger partial charge in [0, 0.05) is 24.2 Å². The Morgan fingerprint density at radius 2 is 1.90 bits per heavy atom. The molecule has 0 amide bonds. The zero-order chi connectivity index (χ0) is 27.7. The largest absolute Gasteiger partial charge is 0.494 e. The van der Waals surface area contributed by atoms with Gasteiger partial charge in [0.05, 0.1) is 25.4 Å². The summed E-state index contributed by atoms with van der Waals surface area (Å²) in [5.74, 6) is 2.47. The molecule has 4 aliphatic carbocycles. The fourth-order valence-corrected chi connectivity index (χ4v) is 10.3. The second kappa shape index (κ2) is 9.88. The highest BCUT2D eigenvalue weighted by molar-refractivity contribution is 5.98. The molecule has 0 aromatic carbocycles. The van der Waals surface area contributed by atoms with Crippen LogP contribution >= 0.6 is 0 Å². The van der Waals surface area contributed by atoms with Crippen molar-refractivity contribution < 1.29 is 24.9 Å². The maximum Gasteiger partial charge on any atom is 0.183 e. The van der Waals surface area contributed by atoms with Crippen LogP contribution in [0, 0.1) is 46.3 Å². The van der Waals surface area contributed by atoms with Gasteiger partial charge in [-0.1, -0.05) is 26.8 Å². The number of ketones is 1. The molecule has 0 spiro atoms. The molecule has 214 valence electrons. The first-order chi connectivity index (χ1) is 18.6. The van der Waals surface area contributed by atoms with Gasteiger partial charge in [-0.3, -0.25) is 4.79 Å². The average Bonchev–Trinajstić information content (AvgIpc) is 3.47. The third-order valence-electron chi connectivity index (χ3n) is 12.5. The van der Waals surface area contributed by atoms with E-state index in [1.54, 1.807) is 7.11 Å². The van der Waals surface area contributed by atoms with Crippen molar-refractivity contribution in [2.24, 2.45) is 46.3 Å². The average molecular weight is 538 g/mol. The molecule has 0 radical (unpaired) electrons. The van der Waals surface area contributed by atoms with E-state index in [9.17, 15) is 20.1 Å². The van der Waals surface area contributed by atoms with Gasteiger partial charge in [0.2, 0.25) is 0 Å². The topological polar surface area (TPSA) is 91.4 Å². The van der Waals surface area contributed by atoms with Gasteiger partial charge in [-0.25, -0.2) is 0 Å². The number of pyridine rings is 1. The lowest BCUT2D eigenvalue weighted by Gasteiger charge is -2.63. The van der Waals surface area contributed by atoms with E-state index in [0.717, 1.165) is 56.9 Å². The number of rotatable bonds is 6. The van der Waals surface area contributed by atoms with Crippen molar-refractivity contribution in [3.05, 3.63) is 36.2 Å². The fraction of sp³-hybridized carbons (Fsp3) is 0.727. The smallest absolute Gasteiger partial charge is 0.183 e. The van der Waals surface area contributed by atoms with Gasteiger partial charge in [0.25, 0.3) is 0 Å². The van der Waals surface area contributed by atoms with Crippen LogP contribution in [-0.2, 0) is 0 Å². The molecule has 0 aliphatic heterocycles. The number of fused-ring (bicyclic) bond motifs is 6. The highest BCUT2D eigenvalue weighted by Gasteiger charge is 2.65. The molecule has 2 aromatic rings. The van der Waals surface area contributed by atoms with Gasteiger partial charge >= 0.3 is 0 Å². The number of Topliss-reactive ketones (excluding diaryl/α,β-unsaturated/α-hetero) is 1. The Morgan fingerprint density at radius 1 is 1.10 bits per heavy atom. The van der Waals surface area contributed by atoms with Crippen LogP contribution in [0.5, 0.6) is 5.75 Å². The number of ether oxygens (including phenoxy) is 1. The molecule has 6 nitrogen and oxygen atoms in total. The summed E-state index contributed by atoms with van der Waals surface area (Å²) in [6.45, 7) is 6.92. The van der Waals surface area contributed by atoms with Crippen LogP contribution in [0.15, 0.2) is 30.5 Å². The molecule has 2 aromatic heterocycles. The van der Waals surface area contributed by atoms with Crippen molar-refractivity contribution in [3.63, 3.8) is 0 Å². The van der Waals surface area contributed by atoms with Crippen molar-refractivity contribution in [2.45, 2.75) is 96.9 Å². The lowest BCUT2D eigenvalue weighted by Crippen LogP contribution is -2.62. The van der Waals surface area contributed by atoms with E-state index in [1.807, 2.05) is 34.9 Å². The summed E-state index contributed by atoms with van der Waals surface area (Å²) in [5.41, 5.74) is 1.40. The van der Waals surface area contributed by atoms with Gasteiger partial charge in [-0.15, -0.1) is 0 Å². The van der Waals surface area contributed by atoms with Crippen LogP contribution in [0.3, 0.4) is 0 Å². The molecule has 0 saturated heterocycles. The molecule has 11 atom stereocenters. The molecule has 4 fully saturated rings. The normalized spacial score (nSPS) is 42.4. The minimum atomic E-state index is -0.404. The van der Waals surface area contributed by atoms with Crippen molar-refractivity contribution in [2.75, 3.05) is 7.11 Å². The van der Waals surface area contributed by atoms with Gasteiger partial charge < -0.3 is 24.5 Å². The number of nitrogens with zero attached hydrogens (tertiary/aromatic N) is 1. The predicted octanol–water partition coefficient (Wildman–Crippen LogP) is 5.51. The van der Waals surface area contributed by atoms with Gasteiger partial charge in [0.15, 0.2) is 5.78 Å². The molecular formula is C33H47NO5. The SMILES string of the molecule is COc1cc2ccccn2c1C(=O)CC[C@H](C)[C@H]1CC[C@H]2[C@@H]3[C@H](O)C[C@@H]4C[C@H](O)CC[C@@]4(C)[C@H]3C[C@H](O)[C@]12C. The van der Waals surface area contributed by atoms with Crippen molar-refractivity contribution >= 4 is 11.3 Å². The molecule has 0 bridgehead atoms. The zero-order valence-corrected chi connectivity index (χ0v) is 24.1. The lowest BCUT2D eigenvalue weighted by molar-refractivity contribution is -0.207. The molecule has 6 rings (SSSR count). The Labute approximate surface area is 232 Å². The number of aromatic nitrogens is 1. The summed E-state index contributed by atoms with van der Waals surface area (Å²) in [7, 11) is 1.61. The van der Waals surface area contributed by atoms with Crippen molar-refractivity contribution in [3.8, 4) is 5.75 Å². The molecule has 39 heavy (non-hydrogen) atoms. The van der Waals surface area contributed by atoms with Crippen LogP contribution in [0.2, 0.25) is 0 Å². The maximum atomic E-state index is 13.5. The van der Waals surface area contributed by atoms with E-state index in [-0.39, 0.29) is 34.7 Å². The molecule has 0 unspecified atom stereocenters. The molecule has 4 aliphatic rings. The van der Waals surface area contributed by atoms with Crippen LogP contribution in [-0.4, -0.2) is 50.9 Å². The number of hydrogen-bond donors (Lipinski definition) is 3. The summed E-state index contributed by atoms with van der Waals surface area (Å²) >= 11 is 0. The second-order valence-corrected chi connectivity index (χ2v) is 14.0. The summed E-state index contributed by atoms with van der Waals surface area (Å²) in [6, 6.07) is 7.79. The van der Waals surface area contributed by atoms with Gasteiger partial charge in [-0.2, -0.15) is 0 Å². The van der Waals surface area contributed by atoms with Gasteiger partial charge in [0.1, 0.15) is 11.4 Å². The van der Waals surface area contributed by atoms with E-state index in [1.165, 1.54) is 0 Å². The lowest BCUT2D eigenvalue weighted by atomic mass is 9.43. The third kappa shape index (κ3) is 4.11. The second-order valence-electron chi connectivity index (χ2n) is 14.0. The first-order valence-electron chi connectivity index (χ1n) is 15.3. The number of hydrogen-bond acceptors (Lipinski definition) is 5. The Kier molecular flexibility index (Phi) is 6.92. The number of carbonyl (C=O) groups excluding carboxylic acids is 1. The first kappa shape index (κ1) is 27.3. The van der Waals surface area contributed by atoms with E-state index in [0.29, 0.717) is 47.5 Å². The standard InChI is InChI=1S/C33H47NO5/c1-19(8-11-26(36)31-28(39-4)17-21-7-5-6-14-34(21)31)23-9-10-24-30-25(18-29(38)33(23,24)3)32(2)13-12-22(35)15-20(32)16-27(30)37/h5-7,14,17,19-20,22-25,27,29-30,35,37-38H,8-13,15-16,18H2,1-4H3/t19-,20-,22+,23+,24-,25-,27+,29-,30-,32+,33+/m0/s1. The molecule has 6 heteroatoms. The van der Waals surface area contributed by atoms with E-state index in [4.69, 9.17) is 4.74 Å². The van der Waals surface area contributed by atoms with E-state index in [2.05, 4.69) is 20.8 Å². The van der Waals surface area contributed by atoms with Crippen LogP contribution in [0.1, 0.15) is 89.0 Å². The Bertz CT molecular complexity index is 1220. The summed E-state index contributed by atoms with van der Waals surface area (Å²) in [6.07, 6.45) is 8.32. The van der Waals surface area contributed by atoms with E-state index >= 15 is 0 Å². The number of aliphatic hydroxyl groups is 3. The van der Waals surface area contributed by atoms with E-state index < -0.39 is 6.10 Å². The Balaban J connectivity index is 1.20. The van der Waals surface area contributed by atoms with Crippen LogP contribution < -0.4 is 4.74 Å². The monoisotopic (exact) mass is 537 g/mol. The van der Waals surface area contributed by atoms with Crippen molar-refractivity contribution in [1.29, 1.82) is 0 Å². The zero-order valence-electron chi connectivity index (χ0n) is 24.1. The highest BCUT2D eigenvalue weighted by Crippen LogP contribution is 2.68. The summed E-state index contributed by atoms with van der Waals surface area (Å²) in [5, 5.41) is 33.7. The number of aliphatic hydroxyl groups excluding tert-OH is 3. The molecule has 4 saturated carbocycles. The maximum absolute atomic E-state index is 13.5. The van der Waals surface area contributed by atoms with Crippen molar-refractivity contribution in [1.82, 2.24) is 4.40 Å². The predicted molar refractivity (Wildman–Crippen MR) is 151 cm³/mol. The Hall–Kier alpha value is -1.89. The van der Waals surface area contributed by atoms with Gasteiger partial charge in [-0.05, 0) is 110 Å². The fourth-order valence-electron chi connectivity index (χ4n) is 10.3. The Morgan fingerprint density at radius 3 is 2.67 bits per heavy atom. The quantitative estimate of drug-likeness (QED) is 0.423. The summed E-state index contributed by atoms with van der Waals surface area (Å²) < 4.78 is 7.48. The molecule has 3 N–H and O–H groups in total. The molecular weight excluding hydrogens is 490 g/mol. The third-order valence-corrected chi connectivity index (χ3v) is 12.5. The first-order valence-corrected chi connectivity index (χ1v) is 15.3. The van der Waals surface area contributed by atoms with Crippen LogP contribution in [0.25, 0.3) is 5.52 Å². The molecule has 2 heterocycles. The highest BCUT2D eigenvalue weighted by atomic mass is 16.5. The minimum absolute atomic E-state index is 0.0839.